The number of fused-ring (bicyclic) bond motifs is 1. The maximum Gasteiger partial charge on any atom is 0.304 e. The smallest absolute Gasteiger partial charge is 0.279 e. The van der Waals surface area contributed by atoms with Crippen LogP contribution in [-0.2, 0) is 10.2 Å². The molecule has 0 saturated carbocycles. The van der Waals surface area contributed by atoms with Gasteiger partial charge < -0.3 is 0 Å². The van der Waals surface area contributed by atoms with E-state index in [0.29, 0.717) is 5.52 Å². The predicted octanol–water partition coefficient (Wildman–Crippen LogP) is 2.26. The molecule has 1 aromatic carbocycles. The predicted molar refractivity (Wildman–Crippen MR) is 110 cm³/mol. The molecule has 1 aliphatic heterocycles. The standard InChI is InChI=1S/C20H20F3N5O3S/c1-26(12-27-11-14(22)9-19(27)15-8-13(21)5-6-17(15)23)32(30,31)25-20(29)16-10-24-28-7-3-2-4-18(16)28/h2-8,10,14,19H,9,11-12H2,1H3,(H,25,29)/t14-,19+/m0/s1. The minimum atomic E-state index is -4.32. The summed E-state index contributed by atoms with van der Waals surface area (Å²) < 4.78 is 71.6. The fraction of sp³-hybridized carbons (Fsp3) is 0.300. The molecule has 1 fully saturated rings. The summed E-state index contributed by atoms with van der Waals surface area (Å²) in [5.41, 5.74) is 0.433. The van der Waals surface area contributed by atoms with E-state index in [0.717, 1.165) is 22.5 Å². The van der Waals surface area contributed by atoms with Crippen LogP contribution in [0.1, 0.15) is 28.4 Å². The van der Waals surface area contributed by atoms with Crippen molar-refractivity contribution in [1.82, 2.24) is 23.5 Å². The number of benzene rings is 1. The van der Waals surface area contributed by atoms with E-state index in [1.165, 1.54) is 22.7 Å². The largest absolute Gasteiger partial charge is 0.304 e. The van der Waals surface area contributed by atoms with E-state index < -0.39 is 40.0 Å². The number of rotatable bonds is 6. The number of hydrogen-bond acceptors (Lipinski definition) is 5. The van der Waals surface area contributed by atoms with Gasteiger partial charge in [-0.05, 0) is 36.8 Å². The lowest BCUT2D eigenvalue weighted by atomic mass is 10.0. The molecule has 12 heteroatoms. The van der Waals surface area contributed by atoms with Gasteiger partial charge in [-0.25, -0.2) is 22.4 Å². The Morgan fingerprint density at radius 3 is 2.84 bits per heavy atom. The molecule has 2 atom stereocenters. The number of carbonyl (C=O) groups is 1. The van der Waals surface area contributed by atoms with Crippen LogP contribution in [0.2, 0.25) is 0 Å². The van der Waals surface area contributed by atoms with Crippen molar-refractivity contribution in [2.24, 2.45) is 0 Å². The van der Waals surface area contributed by atoms with E-state index in [1.807, 2.05) is 4.72 Å². The Balaban J connectivity index is 1.51. The molecular formula is C20H20F3N5O3S. The van der Waals surface area contributed by atoms with Gasteiger partial charge in [-0.3, -0.25) is 9.69 Å². The summed E-state index contributed by atoms with van der Waals surface area (Å²) in [6, 6.07) is 7.03. The molecule has 4 rings (SSSR count). The van der Waals surface area contributed by atoms with Gasteiger partial charge in [0.2, 0.25) is 0 Å². The highest BCUT2D eigenvalue weighted by atomic mass is 32.2. The van der Waals surface area contributed by atoms with Crippen LogP contribution in [0, 0.1) is 11.6 Å². The number of pyridine rings is 1. The molecule has 1 saturated heterocycles. The zero-order chi connectivity index (χ0) is 23.0. The molecular weight excluding hydrogens is 447 g/mol. The van der Waals surface area contributed by atoms with Crippen LogP contribution in [0.5, 0.6) is 0 Å². The van der Waals surface area contributed by atoms with Crippen LogP contribution < -0.4 is 4.72 Å². The minimum Gasteiger partial charge on any atom is -0.279 e. The third-order valence-corrected chi connectivity index (χ3v) is 6.73. The molecule has 0 bridgehead atoms. The van der Waals surface area contributed by atoms with E-state index in [-0.39, 0.29) is 30.8 Å². The van der Waals surface area contributed by atoms with Gasteiger partial charge in [0.25, 0.3) is 5.91 Å². The van der Waals surface area contributed by atoms with Gasteiger partial charge >= 0.3 is 10.2 Å². The molecule has 8 nitrogen and oxygen atoms in total. The lowest BCUT2D eigenvalue weighted by molar-refractivity contribution is 0.0979. The van der Waals surface area contributed by atoms with Gasteiger partial charge in [0, 0.05) is 31.4 Å². The summed E-state index contributed by atoms with van der Waals surface area (Å²) in [7, 11) is -3.11. The number of likely N-dealkylation sites (tertiary alicyclic amines) is 1. The number of nitrogens with one attached hydrogen (secondary N) is 1. The lowest BCUT2D eigenvalue weighted by Crippen LogP contribution is -2.46. The second-order valence-electron chi connectivity index (χ2n) is 7.55. The van der Waals surface area contributed by atoms with Crippen LogP contribution in [0.3, 0.4) is 0 Å². The molecule has 0 radical (unpaired) electrons. The summed E-state index contributed by atoms with van der Waals surface area (Å²) in [4.78, 5) is 14.0. The minimum absolute atomic E-state index is 0.0497. The SMILES string of the molecule is CN(CN1C[C@@H](F)C[C@@H]1c1cc(F)ccc1F)S(=O)(=O)NC(=O)c1cnn2ccccc12. The molecule has 0 aliphatic carbocycles. The monoisotopic (exact) mass is 467 g/mol. The zero-order valence-corrected chi connectivity index (χ0v) is 17.8. The van der Waals surface area contributed by atoms with Crippen LogP contribution in [-0.4, -0.2) is 59.6 Å². The van der Waals surface area contributed by atoms with Crippen LogP contribution in [0.15, 0.2) is 48.8 Å². The Morgan fingerprint density at radius 1 is 1.28 bits per heavy atom. The molecule has 3 aromatic rings. The van der Waals surface area contributed by atoms with Gasteiger partial charge in [-0.2, -0.15) is 17.8 Å². The van der Waals surface area contributed by atoms with Gasteiger partial charge in [-0.1, -0.05) is 6.07 Å². The first-order valence-corrected chi connectivity index (χ1v) is 11.1. The quantitative estimate of drug-likeness (QED) is 0.601. The van der Waals surface area contributed by atoms with Gasteiger partial charge in [-0.15, -0.1) is 0 Å². The highest BCUT2D eigenvalue weighted by molar-refractivity contribution is 7.87. The number of hydrogen-bond donors (Lipinski definition) is 1. The summed E-state index contributed by atoms with van der Waals surface area (Å²) in [5, 5.41) is 4.00. The lowest BCUT2D eigenvalue weighted by Gasteiger charge is -2.29. The van der Waals surface area contributed by atoms with Crippen molar-refractivity contribution in [3.63, 3.8) is 0 Å². The number of amides is 1. The highest BCUT2D eigenvalue weighted by Gasteiger charge is 2.37. The first kappa shape index (κ1) is 22.2. The van der Waals surface area contributed by atoms with Crippen molar-refractivity contribution in [3.8, 4) is 0 Å². The molecule has 2 aromatic heterocycles. The average Bonchev–Trinajstić information content (AvgIpc) is 3.32. The Labute approximate surface area is 182 Å². The molecule has 1 aliphatic rings. The maximum atomic E-state index is 14.2. The zero-order valence-electron chi connectivity index (χ0n) is 17.0. The van der Waals surface area contributed by atoms with Crippen molar-refractivity contribution in [2.45, 2.75) is 18.6 Å². The fourth-order valence-electron chi connectivity index (χ4n) is 3.79. The van der Waals surface area contributed by atoms with Crippen molar-refractivity contribution < 1.29 is 26.4 Å². The third-order valence-electron chi connectivity index (χ3n) is 5.35. The summed E-state index contributed by atoms with van der Waals surface area (Å²) >= 11 is 0. The highest BCUT2D eigenvalue weighted by Crippen LogP contribution is 2.35. The maximum absolute atomic E-state index is 14.2. The van der Waals surface area contributed by atoms with E-state index in [1.54, 1.807) is 24.4 Å². The van der Waals surface area contributed by atoms with Crippen molar-refractivity contribution in [2.75, 3.05) is 20.3 Å². The van der Waals surface area contributed by atoms with Crippen LogP contribution in [0.4, 0.5) is 13.2 Å². The van der Waals surface area contributed by atoms with Crippen molar-refractivity contribution in [1.29, 1.82) is 0 Å². The van der Waals surface area contributed by atoms with E-state index in [2.05, 4.69) is 5.10 Å². The van der Waals surface area contributed by atoms with E-state index in [4.69, 9.17) is 0 Å². The Bertz CT molecular complexity index is 1270. The summed E-state index contributed by atoms with van der Waals surface area (Å²) in [6.07, 6.45) is 1.41. The first-order valence-electron chi connectivity index (χ1n) is 9.69. The summed E-state index contributed by atoms with van der Waals surface area (Å²) in [6.45, 7) is -0.499. The Hall–Kier alpha value is -2.96. The number of halogens is 3. The van der Waals surface area contributed by atoms with Crippen LogP contribution in [0.25, 0.3) is 5.52 Å². The van der Waals surface area contributed by atoms with Crippen molar-refractivity contribution >= 4 is 21.6 Å². The number of carbonyl (C=O) groups excluding carboxylic acids is 1. The number of nitrogens with zero attached hydrogens (tertiary/aromatic N) is 4. The van der Waals surface area contributed by atoms with Crippen LogP contribution >= 0.6 is 0 Å². The molecule has 170 valence electrons. The fourth-order valence-corrected chi connectivity index (χ4v) is 4.59. The topological polar surface area (TPSA) is 87.0 Å². The molecule has 3 heterocycles. The van der Waals surface area contributed by atoms with E-state index >= 15 is 0 Å². The second kappa shape index (κ2) is 8.52. The normalized spacial score (nSPS) is 19.7. The molecule has 1 N–H and O–H groups in total. The molecule has 0 unspecified atom stereocenters. The molecule has 32 heavy (non-hydrogen) atoms. The average molecular weight is 467 g/mol. The van der Waals surface area contributed by atoms with E-state index in [9.17, 15) is 26.4 Å². The number of alkyl halides is 1. The second-order valence-corrected chi connectivity index (χ2v) is 9.33. The number of aromatic nitrogens is 2. The summed E-state index contributed by atoms with van der Waals surface area (Å²) in [5.74, 6) is -2.26. The molecule has 0 spiro atoms. The van der Waals surface area contributed by atoms with Gasteiger partial charge in [0.15, 0.2) is 0 Å². The first-order chi connectivity index (χ1) is 15.2. The Kier molecular flexibility index (Phi) is 5.93. The third kappa shape index (κ3) is 4.33. The molecule has 1 amide bonds. The van der Waals surface area contributed by atoms with Crippen molar-refractivity contribution in [3.05, 3.63) is 71.6 Å². The van der Waals surface area contributed by atoms with Gasteiger partial charge in [0.1, 0.15) is 17.8 Å². The Morgan fingerprint density at radius 2 is 2.06 bits per heavy atom. The van der Waals surface area contributed by atoms with Gasteiger partial charge in [0.05, 0.1) is 23.9 Å².